The Morgan fingerprint density at radius 3 is 2.33 bits per heavy atom. The second-order valence-electron chi connectivity index (χ2n) is 7.22. The minimum absolute atomic E-state index is 0.327. The average molecular weight is 317 g/mol. The summed E-state index contributed by atoms with van der Waals surface area (Å²) >= 11 is 0. The monoisotopic (exact) mass is 317 g/mol. The molecular formula is C15H31N3O2S. The second kappa shape index (κ2) is 6.52. The predicted molar refractivity (Wildman–Crippen MR) is 86.9 cm³/mol. The van der Waals surface area contributed by atoms with Crippen molar-refractivity contribution in [2.45, 2.75) is 52.1 Å². The van der Waals surface area contributed by atoms with Crippen LogP contribution >= 0.6 is 0 Å². The van der Waals surface area contributed by atoms with E-state index in [0.29, 0.717) is 30.6 Å². The van der Waals surface area contributed by atoms with Crippen molar-refractivity contribution in [2.24, 2.45) is 5.41 Å². The van der Waals surface area contributed by atoms with Gasteiger partial charge in [-0.3, -0.25) is 4.90 Å². The maximum Gasteiger partial charge on any atom is 0.211 e. The summed E-state index contributed by atoms with van der Waals surface area (Å²) in [6.07, 6.45) is 4.92. The van der Waals surface area contributed by atoms with Crippen molar-refractivity contribution in [3.8, 4) is 0 Å². The number of hydrogen-bond donors (Lipinski definition) is 1. The van der Waals surface area contributed by atoms with Crippen LogP contribution in [-0.4, -0.2) is 68.7 Å². The topological polar surface area (TPSA) is 52.6 Å². The van der Waals surface area contributed by atoms with E-state index in [-0.39, 0.29) is 0 Å². The van der Waals surface area contributed by atoms with Crippen molar-refractivity contribution in [3.63, 3.8) is 0 Å². The molecule has 5 nitrogen and oxygen atoms in total. The van der Waals surface area contributed by atoms with E-state index in [4.69, 9.17) is 0 Å². The highest BCUT2D eigenvalue weighted by Gasteiger charge is 2.44. The van der Waals surface area contributed by atoms with Gasteiger partial charge in [0, 0.05) is 38.3 Å². The summed E-state index contributed by atoms with van der Waals surface area (Å²) in [5.74, 6) is 0. The van der Waals surface area contributed by atoms with Gasteiger partial charge in [0.1, 0.15) is 0 Å². The lowest BCUT2D eigenvalue weighted by atomic mass is 9.86. The molecular weight excluding hydrogens is 286 g/mol. The molecule has 1 saturated carbocycles. The van der Waals surface area contributed by atoms with Crippen LogP contribution in [0.2, 0.25) is 0 Å². The summed E-state index contributed by atoms with van der Waals surface area (Å²) in [5.41, 5.74) is 0.327. The summed E-state index contributed by atoms with van der Waals surface area (Å²) in [4.78, 5) is 2.50. The van der Waals surface area contributed by atoms with Crippen molar-refractivity contribution < 1.29 is 8.42 Å². The third-order valence-electron chi connectivity index (χ3n) is 5.14. The highest BCUT2D eigenvalue weighted by Crippen LogP contribution is 2.40. The van der Waals surface area contributed by atoms with Crippen molar-refractivity contribution in [1.82, 2.24) is 14.5 Å². The molecule has 1 aliphatic heterocycles. The van der Waals surface area contributed by atoms with Gasteiger partial charge in [-0.25, -0.2) is 8.42 Å². The van der Waals surface area contributed by atoms with Gasteiger partial charge in [-0.1, -0.05) is 20.8 Å². The molecule has 1 aliphatic carbocycles. The number of hydrogen-bond acceptors (Lipinski definition) is 4. The van der Waals surface area contributed by atoms with Gasteiger partial charge in [-0.15, -0.1) is 0 Å². The zero-order valence-corrected chi connectivity index (χ0v) is 14.7. The van der Waals surface area contributed by atoms with Crippen molar-refractivity contribution in [1.29, 1.82) is 0 Å². The Morgan fingerprint density at radius 1 is 1.19 bits per heavy atom. The number of sulfonamides is 1. The quantitative estimate of drug-likeness (QED) is 0.826. The Bertz CT molecular complexity index is 442. The van der Waals surface area contributed by atoms with Gasteiger partial charge in [0.25, 0.3) is 0 Å². The molecule has 124 valence electrons. The van der Waals surface area contributed by atoms with E-state index in [2.05, 4.69) is 31.0 Å². The number of nitrogens with one attached hydrogen (secondary N) is 1. The highest BCUT2D eigenvalue weighted by molar-refractivity contribution is 7.88. The molecule has 0 aromatic heterocycles. The fraction of sp³-hybridized carbons (Fsp3) is 1.00. The van der Waals surface area contributed by atoms with E-state index in [1.54, 1.807) is 4.31 Å². The van der Waals surface area contributed by atoms with Crippen LogP contribution in [0.4, 0.5) is 0 Å². The smallest absolute Gasteiger partial charge is 0.211 e. The summed E-state index contributed by atoms with van der Waals surface area (Å²) in [6, 6.07) is 1.07. The van der Waals surface area contributed by atoms with E-state index in [9.17, 15) is 8.42 Å². The number of piperazine rings is 1. The minimum atomic E-state index is -3.03. The van der Waals surface area contributed by atoms with Crippen LogP contribution in [0.5, 0.6) is 0 Å². The first-order valence-electron chi connectivity index (χ1n) is 8.18. The Hall–Kier alpha value is -0.170. The zero-order valence-electron chi connectivity index (χ0n) is 13.9. The van der Waals surface area contributed by atoms with E-state index in [0.717, 1.165) is 26.1 Å². The van der Waals surface area contributed by atoms with Crippen LogP contribution in [-0.2, 0) is 10.0 Å². The van der Waals surface area contributed by atoms with Crippen molar-refractivity contribution >= 4 is 10.0 Å². The highest BCUT2D eigenvalue weighted by atomic mass is 32.2. The summed E-state index contributed by atoms with van der Waals surface area (Å²) in [7, 11) is -3.03. The molecule has 2 rings (SSSR count). The first-order chi connectivity index (χ1) is 9.75. The molecule has 0 amide bonds. The molecule has 0 radical (unpaired) electrons. The minimum Gasteiger partial charge on any atom is -0.312 e. The van der Waals surface area contributed by atoms with Crippen LogP contribution in [0, 0.1) is 5.41 Å². The van der Waals surface area contributed by atoms with Gasteiger partial charge < -0.3 is 5.32 Å². The van der Waals surface area contributed by atoms with Crippen LogP contribution in [0.15, 0.2) is 0 Å². The lowest BCUT2D eigenvalue weighted by molar-refractivity contribution is 0.106. The van der Waals surface area contributed by atoms with E-state index in [1.165, 1.54) is 19.1 Å². The van der Waals surface area contributed by atoms with E-state index < -0.39 is 10.0 Å². The zero-order chi connectivity index (χ0) is 15.7. The molecule has 2 fully saturated rings. The van der Waals surface area contributed by atoms with Gasteiger partial charge in [-0.2, -0.15) is 4.31 Å². The Kier molecular flexibility index (Phi) is 5.34. The van der Waals surface area contributed by atoms with Crippen LogP contribution < -0.4 is 5.32 Å². The molecule has 0 aromatic rings. The number of rotatable bonds is 5. The van der Waals surface area contributed by atoms with Crippen LogP contribution in [0.25, 0.3) is 0 Å². The summed E-state index contributed by atoms with van der Waals surface area (Å²) in [5, 5.41) is 3.74. The molecule has 0 aromatic carbocycles. The Balaban J connectivity index is 1.98. The molecule has 6 heteroatoms. The maximum absolute atomic E-state index is 11.6. The molecule has 1 heterocycles. The largest absolute Gasteiger partial charge is 0.312 e. The number of nitrogens with zero attached hydrogens (tertiary/aromatic N) is 2. The molecule has 2 atom stereocenters. The van der Waals surface area contributed by atoms with Crippen molar-refractivity contribution in [3.05, 3.63) is 0 Å². The Morgan fingerprint density at radius 2 is 1.81 bits per heavy atom. The van der Waals surface area contributed by atoms with Crippen LogP contribution in [0.1, 0.15) is 40.0 Å². The average Bonchev–Trinajstić information content (AvgIpc) is 2.71. The first-order valence-corrected chi connectivity index (χ1v) is 10.0. The predicted octanol–water partition coefficient (Wildman–Crippen LogP) is 1.12. The fourth-order valence-corrected chi connectivity index (χ4v) is 4.66. The van der Waals surface area contributed by atoms with Crippen molar-refractivity contribution in [2.75, 3.05) is 39.0 Å². The first kappa shape index (κ1) is 17.2. The van der Waals surface area contributed by atoms with Gasteiger partial charge in [0.2, 0.25) is 10.0 Å². The molecule has 2 aliphatic rings. The summed E-state index contributed by atoms with van der Waals surface area (Å²) < 4.78 is 24.8. The molecule has 1 N–H and O–H groups in total. The third-order valence-corrected chi connectivity index (χ3v) is 6.44. The van der Waals surface area contributed by atoms with Gasteiger partial charge >= 0.3 is 0 Å². The maximum atomic E-state index is 11.6. The molecule has 0 bridgehead atoms. The van der Waals surface area contributed by atoms with Gasteiger partial charge in [-0.05, 0) is 31.2 Å². The fourth-order valence-electron chi connectivity index (χ4n) is 3.84. The standard InChI is InChI=1S/C15H31N3O2S/c1-5-8-16-14-13(6-7-15(14,2)3)17-9-11-18(12-10-17)21(4,19)20/h13-14,16H,5-12H2,1-4H3. The van der Waals surface area contributed by atoms with E-state index >= 15 is 0 Å². The second-order valence-corrected chi connectivity index (χ2v) is 9.21. The van der Waals surface area contributed by atoms with Gasteiger partial charge in [0.15, 0.2) is 0 Å². The molecule has 2 unspecified atom stereocenters. The lowest BCUT2D eigenvalue weighted by Crippen LogP contribution is -2.57. The Labute approximate surface area is 130 Å². The van der Waals surface area contributed by atoms with E-state index in [1.807, 2.05) is 0 Å². The molecule has 21 heavy (non-hydrogen) atoms. The van der Waals surface area contributed by atoms with Crippen LogP contribution in [0.3, 0.4) is 0 Å². The molecule has 0 spiro atoms. The third kappa shape index (κ3) is 3.97. The van der Waals surface area contributed by atoms with Gasteiger partial charge in [0.05, 0.1) is 6.26 Å². The normalized spacial score (nSPS) is 31.6. The SMILES string of the molecule is CCCNC1C(N2CCN(S(C)(=O)=O)CC2)CCC1(C)C. The molecule has 1 saturated heterocycles. The lowest BCUT2D eigenvalue weighted by Gasteiger charge is -2.41. The summed E-state index contributed by atoms with van der Waals surface area (Å²) in [6.45, 7) is 11.0.